The van der Waals surface area contributed by atoms with Gasteiger partial charge in [-0.1, -0.05) is 12.1 Å². The molecule has 0 radical (unpaired) electrons. The fourth-order valence-corrected chi connectivity index (χ4v) is 3.62. The molecule has 2 aromatic carbocycles. The van der Waals surface area contributed by atoms with Crippen LogP contribution < -0.4 is 24.4 Å². The van der Waals surface area contributed by atoms with Crippen LogP contribution in [0.3, 0.4) is 0 Å². The lowest BCUT2D eigenvalue weighted by Gasteiger charge is -2.22. The van der Waals surface area contributed by atoms with Gasteiger partial charge in [-0.2, -0.15) is 0 Å². The summed E-state index contributed by atoms with van der Waals surface area (Å²) in [6.45, 7) is 2.35. The molecule has 1 atom stereocenters. The Bertz CT molecular complexity index is 1010. The molecule has 9 nitrogen and oxygen atoms in total. The quantitative estimate of drug-likeness (QED) is 0.601. The van der Waals surface area contributed by atoms with Gasteiger partial charge in [-0.25, -0.2) is 9.69 Å². The second-order valence-electron chi connectivity index (χ2n) is 7.15. The Morgan fingerprint density at radius 3 is 2.41 bits per heavy atom. The highest BCUT2D eigenvalue weighted by atomic mass is 16.5. The summed E-state index contributed by atoms with van der Waals surface area (Å²) in [4.78, 5) is 41.4. The Kier molecular flexibility index (Phi) is 7.19. The van der Waals surface area contributed by atoms with Crippen LogP contribution in [0.25, 0.3) is 0 Å². The highest BCUT2D eigenvalue weighted by Crippen LogP contribution is 2.32. The first kappa shape index (κ1) is 22.9. The third-order valence-corrected chi connectivity index (χ3v) is 5.18. The van der Waals surface area contributed by atoms with Crippen LogP contribution in [-0.4, -0.2) is 56.7 Å². The number of carbonyl (C=O) groups is 3. The molecule has 1 heterocycles. The number of nitrogens with zero attached hydrogens (tertiary/aromatic N) is 2. The van der Waals surface area contributed by atoms with Gasteiger partial charge in [0.05, 0.1) is 33.4 Å². The van der Waals surface area contributed by atoms with Crippen molar-refractivity contribution >= 4 is 23.5 Å². The van der Waals surface area contributed by atoms with E-state index >= 15 is 0 Å². The molecule has 9 heteroatoms. The third kappa shape index (κ3) is 4.61. The fraction of sp³-hybridized carbons (Fsp3) is 0.348. The number of urea groups is 1. The van der Waals surface area contributed by atoms with Gasteiger partial charge in [-0.3, -0.25) is 9.59 Å². The molecule has 0 saturated carbocycles. The smallest absolute Gasteiger partial charge is 0.332 e. The summed E-state index contributed by atoms with van der Waals surface area (Å²) in [5.41, 5.74) is 1.12. The zero-order valence-electron chi connectivity index (χ0n) is 18.6. The monoisotopic (exact) mass is 441 g/mol. The molecule has 0 aliphatic carbocycles. The van der Waals surface area contributed by atoms with Crippen molar-refractivity contribution in [1.29, 1.82) is 0 Å². The molecule has 3 rings (SSSR count). The number of carbonyl (C=O) groups excluding carboxylic acids is 3. The number of benzene rings is 2. The molecule has 0 unspecified atom stereocenters. The van der Waals surface area contributed by atoms with Crippen LogP contribution in [0.15, 0.2) is 42.5 Å². The second-order valence-corrected chi connectivity index (χ2v) is 7.15. The van der Waals surface area contributed by atoms with Gasteiger partial charge >= 0.3 is 6.03 Å². The Morgan fingerprint density at radius 2 is 1.75 bits per heavy atom. The molecule has 1 N–H and O–H groups in total. The van der Waals surface area contributed by atoms with Gasteiger partial charge in [0.15, 0.2) is 11.5 Å². The molecule has 1 saturated heterocycles. The highest BCUT2D eigenvalue weighted by Gasteiger charge is 2.46. The van der Waals surface area contributed by atoms with Gasteiger partial charge in [-0.15, -0.1) is 0 Å². The average Bonchev–Trinajstić information content (AvgIpc) is 3.02. The van der Waals surface area contributed by atoms with Crippen molar-refractivity contribution in [2.45, 2.75) is 25.9 Å². The number of hydrogen-bond donors (Lipinski definition) is 1. The summed E-state index contributed by atoms with van der Waals surface area (Å²) in [5.74, 6) is 0.810. The maximum absolute atomic E-state index is 13.4. The number of nitrogens with one attached hydrogen (secondary N) is 1. The minimum absolute atomic E-state index is 0.121. The van der Waals surface area contributed by atoms with Crippen molar-refractivity contribution in [2.24, 2.45) is 0 Å². The first-order valence-corrected chi connectivity index (χ1v) is 10.2. The van der Waals surface area contributed by atoms with E-state index in [2.05, 4.69) is 5.32 Å². The number of methoxy groups -OCH3 is 3. The summed E-state index contributed by atoms with van der Waals surface area (Å²) < 4.78 is 15.8. The van der Waals surface area contributed by atoms with Crippen molar-refractivity contribution in [1.82, 2.24) is 10.2 Å². The lowest BCUT2D eigenvalue weighted by Crippen LogP contribution is -2.39. The van der Waals surface area contributed by atoms with E-state index in [1.807, 2.05) is 0 Å². The van der Waals surface area contributed by atoms with Gasteiger partial charge in [0.25, 0.3) is 5.91 Å². The van der Waals surface area contributed by atoms with Gasteiger partial charge < -0.3 is 24.4 Å². The summed E-state index contributed by atoms with van der Waals surface area (Å²) in [6, 6.07) is 10.5. The van der Waals surface area contributed by atoms with Crippen LogP contribution in [0.4, 0.5) is 10.5 Å². The van der Waals surface area contributed by atoms with Crippen molar-refractivity contribution in [3.05, 3.63) is 48.0 Å². The molecule has 170 valence electrons. The van der Waals surface area contributed by atoms with Gasteiger partial charge in [0, 0.05) is 19.2 Å². The number of rotatable bonds is 9. The zero-order chi connectivity index (χ0) is 23.3. The van der Waals surface area contributed by atoms with Crippen LogP contribution in [0.1, 0.15) is 18.9 Å². The van der Waals surface area contributed by atoms with E-state index in [4.69, 9.17) is 14.2 Å². The third-order valence-electron chi connectivity index (χ3n) is 5.18. The van der Waals surface area contributed by atoms with E-state index in [0.29, 0.717) is 29.5 Å². The Balaban J connectivity index is 1.95. The minimum Gasteiger partial charge on any atom is -0.497 e. The lowest BCUT2D eigenvalue weighted by atomic mass is 10.1. The molecular weight excluding hydrogens is 414 g/mol. The number of anilines is 1. The van der Waals surface area contributed by atoms with Crippen molar-refractivity contribution in [3.63, 3.8) is 0 Å². The molecule has 32 heavy (non-hydrogen) atoms. The number of ether oxygens (including phenoxy) is 3. The van der Waals surface area contributed by atoms with E-state index in [0.717, 1.165) is 10.5 Å². The summed E-state index contributed by atoms with van der Waals surface area (Å²) >= 11 is 0. The second kappa shape index (κ2) is 10.0. The molecule has 1 fully saturated rings. The van der Waals surface area contributed by atoms with E-state index < -0.39 is 18.0 Å². The van der Waals surface area contributed by atoms with Gasteiger partial charge in [-0.05, 0) is 36.8 Å². The molecule has 1 aliphatic rings. The van der Waals surface area contributed by atoms with Crippen molar-refractivity contribution < 1.29 is 28.6 Å². The fourth-order valence-electron chi connectivity index (χ4n) is 3.62. The SMILES string of the molecule is CCNC(=O)C[C@@H]1C(=O)N(c2cccc(OC)c2)C(=O)N1Cc1ccc(OC)c(OC)c1. The van der Waals surface area contributed by atoms with Crippen LogP contribution >= 0.6 is 0 Å². The summed E-state index contributed by atoms with van der Waals surface area (Å²) in [7, 11) is 4.57. The first-order valence-electron chi connectivity index (χ1n) is 10.2. The van der Waals surface area contributed by atoms with Crippen LogP contribution in [-0.2, 0) is 16.1 Å². The Morgan fingerprint density at radius 1 is 1.00 bits per heavy atom. The molecule has 4 amide bonds. The summed E-state index contributed by atoms with van der Waals surface area (Å²) in [5, 5.41) is 2.69. The van der Waals surface area contributed by atoms with E-state index in [1.165, 1.54) is 26.2 Å². The van der Waals surface area contributed by atoms with E-state index in [-0.39, 0.29) is 18.9 Å². The predicted octanol–water partition coefficient (Wildman–Crippen LogP) is 2.58. The normalized spacial score (nSPS) is 15.7. The maximum atomic E-state index is 13.4. The number of imide groups is 1. The number of amides is 4. The number of hydrogen-bond acceptors (Lipinski definition) is 6. The molecular formula is C23H27N3O6. The van der Waals surface area contributed by atoms with Crippen molar-refractivity contribution in [3.8, 4) is 17.2 Å². The van der Waals surface area contributed by atoms with Crippen LogP contribution in [0.2, 0.25) is 0 Å². The van der Waals surface area contributed by atoms with E-state index in [1.54, 1.807) is 49.4 Å². The Hall–Kier alpha value is -3.75. The highest BCUT2D eigenvalue weighted by molar-refractivity contribution is 6.22. The minimum atomic E-state index is -0.937. The standard InChI is InChI=1S/C23H27N3O6/c1-5-24-21(27)13-18-22(28)26(16-7-6-8-17(12-16)30-2)23(29)25(18)14-15-9-10-19(31-3)20(11-15)32-4/h6-12,18H,5,13-14H2,1-4H3,(H,24,27)/t18-/m1/s1. The average molecular weight is 441 g/mol. The Labute approximate surface area is 186 Å². The first-order chi connectivity index (χ1) is 15.4. The summed E-state index contributed by atoms with van der Waals surface area (Å²) in [6.07, 6.45) is -0.133. The van der Waals surface area contributed by atoms with Crippen molar-refractivity contribution in [2.75, 3.05) is 32.8 Å². The predicted molar refractivity (Wildman–Crippen MR) is 118 cm³/mol. The van der Waals surface area contributed by atoms with Crippen LogP contribution in [0.5, 0.6) is 17.2 Å². The van der Waals surface area contributed by atoms with Gasteiger partial charge in [0.1, 0.15) is 11.8 Å². The maximum Gasteiger partial charge on any atom is 0.332 e. The molecule has 1 aliphatic heterocycles. The van der Waals surface area contributed by atoms with E-state index in [9.17, 15) is 14.4 Å². The van der Waals surface area contributed by atoms with Crippen LogP contribution in [0, 0.1) is 0 Å². The molecule has 0 aromatic heterocycles. The largest absolute Gasteiger partial charge is 0.497 e. The molecule has 2 aromatic rings. The molecule has 0 bridgehead atoms. The zero-order valence-corrected chi connectivity index (χ0v) is 18.6. The topological polar surface area (TPSA) is 97.4 Å². The van der Waals surface area contributed by atoms with Gasteiger partial charge in [0.2, 0.25) is 5.91 Å². The molecule has 0 spiro atoms. The lowest BCUT2D eigenvalue weighted by molar-refractivity contribution is -0.127.